The number of rotatable bonds is 12. The highest BCUT2D eigenvalue weighted by Gasteiger charge is 2.55. The number of aliphatic hydroxyl groups is 1. The van der Waals surface area contributed by atoms with Gasteiger partial charge in [-0.25, -0.2) is 14.4 Å². The minimum absolute atomic E-state index is 0.129. The molecule has 12 rings (SSSR count). The van der Waals surface area contributed by atoms with Crippen molar-refractivity contribution in [1.82, 2.24) is 10.6 Å². The third-order valence-corrected chi connectivity index (χ3v) is 22.0. The molecule has 0 atom stereocenters. The van der Waals surface area contributed by atoms with E-state index in [0.717, 1.165) is 132 Å². The number of carbonyl (C=O) groups excluding carboxylic acids is 7. The monoisotopic (exact) mass is 1420 g/mol. The van der Waals surface area contributed by atoms with E-state index in [0.29, 0.717) is 107 Å². The van der Waals surface area contributed by atoms with Gasteiger partial charge in [0.05, 0.1) is 46.8 Å². The zero-order chi connectivity index (χ0) is 74.6. The molecule has 4 spiro atoms. The zero-order valence-electron chi connectivity index (χ0n) is 63.2. The molecule has 4 fully saturated rings. The number of ether oxygens (including phenoxy) is 7. The largest absolute Gasteiger partial charge is 0.513 e. The first kappa shape index (κ1) is 78.1. The van der Waals surface area contributed by atoms with Crippen molar-refractivity contribution in [3.8, 4) is 0 Å². The van der Waals surface area contributed by atoms with E-state index in [9.17, 15) is 38.7 Å². The molecule has 4 aromatic rings. The van der Waals surface area contributed by atoms with Crippen LogP contribution in [0.5, 0.6) is 0 Å². The molecule has 0 aromatic heterocycles. The molecule has 550 valence electrons. The third kappa shape index (κ3) is 16.8. The first-order chi connectivity index (χ1) is 48.0. The summed E-state index contributed by atoms with van der Waals surface area (Å²) in [5.74, 6) is 0.389. The molecule has 2 amide bonds. The Bertz CT molecular complexity index is 4030. The highest BCUT2D eigenvalue weighted by molar-refractivity contribution is 6.31. The lowest BCUT2D eigenvalue weighted by Gasteiger charge is -2.37. The smallest absolute Gasteiger partial charge is 0.509 e. The quantitative estimate of drug-likeness (QED) is 0.0885. The highest BCUT2D eigenvalue weighted by Crippen LogP contribution is 2.52. The number of hydrogen-bond donors (Lipinski definition) is 3. The Balaban J connectivity index is 0.000000159. The summed E-state index contributed by atoms with van der Waals surface area (Å²) in [6.07, 6.45) is 14.7. The van der Waals surface area contributed by atoms with Crippen molar-refractivity contribution in [1.29, 1.82) is 0 Å². The van der Waals surface area contributed by atoms with Gasteiger partial charge in [-0.15, -0.1) is 0 Å². The van der Waals surface area contributed by atoms with E-state index in [2.05, 4.69) is 29.7 Å². The first-order valence-corrected chi connectivity index (χ1v) is 37.0. The Kier molecular flexibility index (Phi) is 24.1. The average molecular weight is 1420 g/mol. The minimum atomic E-state index is -0.823. The van der Waals surface area contributed by atoms with E-state index >= 15 is 0 Å². The number of aryl methyl sites for hydroxylation is 8. The topological polar surface area (TPSA) is 228 Å². The lowest BCUT2D eigenvalue weighted by Crippen LogP contribution is -2.49. The van der Waals surface area contributed by atoms with Crippen molar-refractivity contribution in [2.45, 2.75) is 261 Å². The number of hydrogen-bond acceptors (Lipinski definition) is 15. The van der Waals surface area contributed by atoms with Crippen LogP contribution in [0.25, 0.3) is 22.3 Å². The van der Waals surface area contributed by atoms with Gasteiger partial charge >= 0.3 is 30.0 Å². The molecule has 0 saturated heterocycles. The molecule has 0 unspecified atom stereocenters. The zero-order valence-corrected chi connectivity index (χ0v) is 63.9. The summed E-state index contributed by atoms with van der Waals surface area (Å²) in [7, 11) is 1.70. The van der Waals surface area contributed by atoms with Gasteiger partial charge in [0, 0.05) is 12.1 Å². The van der Waals surface area contributed by atoms with Crippen LogP contribution in [0.1, 0.15) is 244 Å². The standard InChI is InChI=1S/C23H30O4.C22H27ClO4.C21H27NO5.C18H23NO2/c1-14-11-15(2)18(16(3)12-14)19-20(26-17(24)13-22(4,5)6)23(27-21(19)25)9-7-8-10-23;1-5-21(3,4)20(25)26-18-17(16-10-9-15(23)13-14(16)2)19(24)27-22(18)11-7-6-8-12-22;1-5-26-20(24)27-18-17(16-12-13(2)6-7-14(16)3)19(23)22-21(18)10-8-15(25-4)9-11-21;1-11-6-8-18(9-7-11)16(20)15(17(21)19-18)14-10-12(2)4-5-13(14)3/h11-12H,7-10,13H2,1-6H3;9-10,13H,5-8,11-12H2,1-4H3;6-7,12,15H,5,8-11H2,1-4H3,(H,22,23);4-5,10-11,20H,6-9H2,1-3H3,(H,19,21). The Morgan fingerprint density at radius 1 is 0.549 bits per heavy atom. The predicted molar refractivity (Wildman–Crippen MR) is 395 cm³/mol. The summed E-state index contributed by atoms with van der Waals surface area (Å²) < 4.78 is 39.7. The molecule has 102 heavy (non-hydrogen) atoms. The Hall–Kier alpha value is -8.02. The van der Waals surface area contributed by atoms with Crippen molar-refractivity contribution in [3.05, 3.63) is 162 Å². The molecule has 4 aromatic carbocycles. The molecule has 0 bridgehead atoms. The van der Waals surface area contributed by atoms with Crippen LogP contribution in [0.2, 0.25) is 5.02 Å². The van der Waals surface area contributed by atoms with Gasteiger partial charge in [0.25, 0.3) is 11.8 Å². The summed E-state index contributed by atoms with van der Waals surface area (Å²) in [5.41, 5.74) is 9.41. The number of halogens is 1. The van der Waals surface area contributed by atoms with E-state index in [1.54, 1.807) is 32.2 Å². The van der Waals surface area contributed by atoms with Crippen LogP contribution >= 0.6 is 11.6 Å². The molecule has 18 heteroatoms. The Morgan fingerprint density at radius 2 is 1.05 bits per heavy atom. The maximum Gasteiger partial charge on any atom is 0.513 e. The van der Waals surface area contributed by atoms with Crippen molar-refractivity contribution < 1.29 is 71.8 Å². The van der Waals surface area contributed by atoms with Crippen LogP contribution in [0.15, 0.2) is 89.8 Å². The number of carbonyl (C=O) groups is 7. The fraction of sp³-hybridized carbons (Fsp3) is 0.536. The van der Waals surface area contributed by atoms with Gasteiger partial charge in [-0.2, -0.15) is 0 Å². The number of aliphatic hydroxyl groups excluding tert-OH is 1. The molecular formula is C84H107ClN2O15. The number of amides is 2. The van der Waals surface area contributed by atoms with Gasteiger partial charge in [-0.05, 0) is 259 Å². The molecule has 3 N–H and O–H groups in total. The number of nitrogens with one attached hydrogen (secondary N) is 2. The summed E-state index contributed by atoms with van der Waals surface area (Å²) in [5, 5.41) is 17.6. The Labute approximate surface area is 608 Å². The first-order valence-electron chi connectivity index (χ1n) is 36.7. The third-order valence-electron chi connectivity index (χ3n) is 21.8. The SMILES string of the molecule is CCC(C)(C)C(=O)OC1=C(c2ccc(Cl)cc2C)C(=O)OC12CCCCC2.CCOC(=O)OC1=C(c2cc(C)ccc2C)C(=O)NC12CCC(OC)CC2.Cc1cc(C)c(C2=C(OC(=O)CC(C)(C)C)C3(CCCC3)OC2=O)c(C)c1.Cc1ccc(C)c(C2=C(O)C3(CCC(C)CC3)NC2=O)c1. The number of benzene rings is 4. The van der Waals surface area contributed by atoms with Crippen molar-refractivity contribution in [2.75, 3.05) is 13.7 Å². The van der Waals surface area contributed by atoms with Crippen molar-refractivity contribution in [2.24, 2.45) is 16.7 Å². The van der Waals surface area contributed by atoms with Crippen molar-refractivity contribution in [3.63, 3.8) is 0 Å². The lowest BCUT2D eigenvalue weighted by atomic mass is 9.76. The van der Waals surface area contributed by atoms with Crippen LogP contribution in [0, 0.1) is 72.1 Å². The fourth-order valence-electron chi connectivity index (χ4n) is 15.6. The van der Waals surface area contributed by atoms with Gasteiger partial charge in [0.15, 0.2) is 22.7 Å². The average Bonchev–Trinajstić information content (AvgIpc) is 1.61. The van der Waals surface area contributed by atoms with E-state index < -0.39 is 39.8 Å². The minimum Gasteiger partial charge on any atom is -0.509 e. The molecule has 0 radical (unpaired) electrons. The molecule has 8 aliphatic rings. The molecule has 4 aliphatic heterocycles. The molecule has 4 saturated carbocycles. The maximum absolute atomic E-state index is 13.0. The van der Waals surface area contributed by atoms with Crippen LogP contribution in [0.4, 0.5) is 4.79 Å². The normalized spacial score (nSPS) is 22.7. The summed E-state index contributed by atoms with van der Waals surface area (Å²) in [6.45, 7) is 31.6. The second-order valence-corrected chi connectivity index (χ2v) is 32.0. The Morgan fingerprint density at radius 3 is 1.57 bits per heavy atom. The molecule has 4 heterocycles. The van der Waals surface area contributed by atoms with Crippen LogP contribution < -0.4 is 10.6 Å². The maximum atomic E-state index is 13.0. The second kappa shape index (κ2) is 31.5. The highest BCUT2D eigenvalue weighted by atomic mass is 35.5. The second-order valence-electron chi connectivity index (χ2n) is 31.6. The van der Waals surface area contributed by atoms with E-state index in [1.165, 1.54) is 0 Å². The van der Waals surface area contributed by atoms with Crippen LogP contribution in [0.3, 0.4) is 0 Å². The number of methoxy groups -OCH3 is 1. The van der Waals surface area contributed by atoms with Gasteiger partial charge < -0.3 is 48.9 Å². The van der Waals surface area contributed by atoms with Crippen molar-refractivity contribution >= 4 is 75.7 Å². The molecular weight excluding hydrogens is 1310 g/mol. The summed E-state index contributed by atoms with van der Waals surface area (Å²) >= 11 is 6.08. The van der Waals surface area contributed by atoms with E-state index in [1.807, 2.05) is 133 Å². The van der Waals surface area contributed by atoms with Crippen LogP contribution in [-0.2, 0) is 61.9 Å². The van der Waals surface area contributed by atoms with E-state index in [-0.39, 0.29) is 53.6 Å². The molecule has 17 nitrogen and oxygen atoms in total. The predicted octanol–water partition coefficient (Wildman–Crippen LogP) is 18.1. The van der Waals surface area contributed by atoms with Gasteiger partial charge in [-0.1, -0.05) is 124 Å². The lowest BCUT2D eigenvalue weighted by molar-refractivity contribution is -0.160. The van der Waals surface area contributed by atoms with Gasteiger partial charge in [0.2, 0.25) is 0 Å². The van der Waals surface area contributed by atoms with Gasteiger partial charge in [-0.3, -0.25) is 19.2 Å². The molecule has 4 aliphatic carbocycles. The summed E-state index contributed by atoms with van der Waals surface area (Å²) in [6, 6.07) is 21.4. The van der Waals surface area contributed by atoms with Gasteiger partial charge in [0.1, 0.15) is 22.7 Å². The number of esters is 4. The fourth-order valence-corrected chi connectivity index (χ4v) is 15.9. The van der Waals surface area contributed by atoms with E-state index in [4.69, 9.17) is 44.8 Å². The van der Waals surface area contributed by atoms with Crippen LogP contribution in [-0.4, -0.2) is 89.1 Å². The summed E-state index contributed by atoms with van der Waals surface area (Å²) in [4.78, 5) is 88.9.